The molecule has 0 spiro atoms. The summed E-state index contributed by atoms with van der Waals surface area (Å²) in [7, 11) is -3.31. The summed E-state index contributed by atoms with van der Waals surface area (Å²) in [5.41, 5.74) is 2.04. The van der Waals surface area contributed by atoms with Gasteiger partial charge in [-0.3, -0.25) is 14.3 Å². The number of hydrogen-bond donors (Lipinski definition) is 1. The molecule has 1 unspecified atom stereocenters. The lowest BCUT2D eigenvalue weighted by atomic mass is 9.89. The molecular formula is C17H20N2O4S. The predicted octanol–water partition coefficient (Wildman–Crippen LogP) is 1.93. The van der Waals surface area contributed by atoms with E-state index in [1.807, 2.05) is 13.8 Å². The summed E-state index contributed by atoms with van der Waals surface area (Å²) in [6, 6.07) is 1.59. The minimum Gasteiger partial charge on any atom is -0.302 e. The molecule has 1 aromatic heterocycles. The number of aromatic amines is 1. The molecule has 0 fully saturated rings. The second-order valence-electron chi connectivity index (χ2n) is 6.36. The summed E-state index contributed by atoms with van der Waals surface area (Å²) in [5, 5.41) is 2.77. The molecule has 1 aliphatic rings. The smallest absolute Gasteiger partial charge is 0.277 e. The van der Waals surface area contributed by atoms with Crippen LogP contribution in [0, 0.1) is 13.8 Å². The first-order chi connectivity index (χ1) is 11.2. The number of aryl methyl sites for hydroxylation is 2. The molecule has 0 radical (unpaired) electrons. The zero-order chi connectivity index (χ0) is 17.8. The highest BCUT2D eigenvalue weighted by atomic mass is 32.2. The minimum absolute atomic E-state index is 0.0639. The van der Waals surface area contributed by atoms with Gasteiger partial charge >= 0.3 is 0 Å². The number of nitrogens with one attached hydrogen (secondary N) is 1. The Labute approximate surface area is 140 Å². The van der Waals surface area contributed by atoms with Gasteiger partial charge in [0.25, 0.3) is 5.56 Å². The van der Waals surface area contributed by atoms with Crippen molar-refractivity contribution in [3.63, 3.8) is 0 Å². The number of aromatic nitrogens is 2. The molecule has 128 valence electrons. The average molecular weight is 348 g/mol. The van der Waals surface area contributed by atoms with Crippen molar-refractivity contribution in [1.82, 2.24) is 9.78 Å². The SMILES string of the molecule is CCn1[nH]cc(C(=O)c2cc(C)c3c(c2C)C(C)CS3(=O)=O)c1=O. The zero-order valence-electron chi connectivity index (χ0n) is 14.1. The summed E-state index contributed by atoms with van der Waals surface area (Å²) in [6.45, 7) is 7.57. The van der Waals surface area contributed by atoms with Gasteiger partial charge in [0.05, 0.1) is 10.6 Å². The number of benzene rings is 1. The van der Waals surface area contributed by atoms with Crippen molar-refractivity contribution < 1.29 is 13.2 Å². The van der Waals surface area contributed by atoms with Gasteiger partial charge in [-0.15, -0.1) is 0 Å². The first-order valence-corrected chi connectivity index (χ1v) is 9.54. The first-order valence-electron chi connectivity index (χ1n) is 7.88. The molecule has 0 saturated heterocycles. The standard InChI is InChI=1S/C17H20N2O4S/c1-5-19-17(21)13(7-18-19)15(20)12-6-9(2)16-14(11(12)4)10(3)8-24(16,22)23/h6-7,10,18H,5,8H2,1-4H3. The summed E-state index contributed by atoms with van der Waals surface area (Å²) in [6.07, 6.45) is 1.41. The van der Waals surface area contributed by atoms with Crippen molar-refractivity contribution in [3.05, 3.63) is 50.4 Å². The molecule has 3 rings (SSSR count). The van der Waals surface area contributed by atoms with Crippen LogP contribution in [0.2, 0.25) is 0 Å². The van der Waals surface area contributed by atoms with E-state index in [0.29, 0.717) is 33.7 Å². The van der Waals surface area contributed by atoms with Crippen LogP contribution in [-0.2, 0) is 16.4 Å². The molecule has 0 saturated carbocycles. The van der Waals surface area contributed by atoms with E-state index in [2.05, 4.69) is 5.10 Å². The molecule has 1 atom stereocenters. The van der Waals surface area contributed by atoms with E-state index in [4.69, 9.17) is 0 Å². The number of nitrogens with zero attached hydrogens (tertiary/aromatic N) is 1. The van der Waals surface area contributed by atoms with Crippen LogP contribution in [0.5, 0.6) is 0 Å². The summed E-state index contributed by atoms with van der Waals surface area (Å²) in [5.74, 6) is -0.465. The van der Waals surface area contributed by atoms with Gasteiger partial charge in [0.1, 0.15) is 5.56 Å². The van der Waals surface area contributed by atoms with E-state index < -0.39 is 9.84 Å². The average Bonchev–Trinajstić information content (AvgIpc) is 2.99. The highest BCUT2D eigenvalue weighted by molar-refractivity contribution is 7.91. The lowest BCUT2D eigenvalue weighted by Crippen LogP contribution is -2.22. The van der Waals surface area contributed by atoms with Crippen molar-refractivity contribution in [1.29, 1.82) is 0 Å². The molecule has 1 aliphatic heterocycles. The Balaban J connectivity index is 2.23. The Kier molecular flexibility index (Phi) is 3.79. The fourth-order valence-electron chi connectivity index (χ4n) is 3.61. The molecule has 0 bridgehead atoms. The van der Waals surface area contributed by atoms with Crippen LogP contribution < -0.4 is 5.56 Å². The Hall–Kier alpha value is -2.15. The molecule has 2 heterocycles. The van der Waals surface area contributed by atoms with E-state index in [1.165, 1.54) is 10.9 Å². The number of carbonyl (C=O) groups is 1. The number of sulfone groups is 1. The van der Waals surface area contributed by atoms with Crippen LogP contribution in [0.3, 0.4) is 0 Å². The highest BCUT2D eigenvalue weighted by Crippen LogP contribution is 2.40. The number of hydrogen-bond acceptors (Lipinski definition) is 4. The maximum Gasteiger partial charge on any atom is 0.277 e. The van der Waals surface area contributed by atoms with Gasteiger partial charge in [0.2, 0.25) is 0 Å². The van der Waals surface area contributed by atoms with E-state index >= 15 is 0 Å². The monoisotopic (exact) mass is 348 g/mol. The fourth-order valence-corrected chi connectivity index (χ4v) is 5.84. The highest BCUT2D eigenvalue weighted by Gasteiger charge is 2.36. The molecule has 2 aromatic rings. The molecule has 24 heavy (non-hydrogen) atoms. The van der Waals surface area contributed by atoms with Crippen LogP contribution in [0.25, 0.3) is 0 Å². The summed E-state index contributed by atoms with van der Waals surface area (Å²) in [4.78, 5) is 25.4. The Morgan fingerprint density at radius 1 is 1.33 bits per heavy atom. The molecule has 0 aliphatic carbocycles. The zero-order valence-corrected chi connectivity index (χ0v) is 15.0. The quantitative estimate of drug-likeness (QED) is 0.859. The lowest BCUT2D eigenvalue weighted by molar-refractivity contribution is 0.103. The maximum atomic E-state index is 12.9. The third-order valence-corrected chi connectivity index (χ3v) is 6.79. The maximum absolute atomic E-state index is 12.9. The van der Waals surface area contributed by atoms with Gasteiger partial charge in [-0.1, -0.05) is 6.92 Å². The normalized spacial score (nSPS) is 18.6. The Morgan fingerprint density at radius 3 is 2.58 bits per heavy atom. The number of ketones is 1. The van der Waals surface area contributed by atoms with Gasteiger partial charge in [-0.2, -0.15) is 0 Å². The largest absolute Gasteiger partial charge is 0.302 e. The van der Waals surface area contributed by atoms with E-state index in [0.717, 1.165) is 0 Å². The van der Waals surface area contributed by atoms with Crippen LogP contribution in [-0.4, -0.2) is 29.7 Å². The first kappa shape index (κ1) is 16.7. The lowest BCUT2D eigenvalue weighted by Gasteiger charge is -2.14. The Morgan fingerprint density at radius 2 is 2.00 bits per heavy atom. The predicted molar refractivity (Wildman–Crippen MR) is 90.5 cm³/mol. The summed E-state index contributed by atoms with van der Waals surface area (Å²) >= 11 is 0. The molecule has 0 amide bonds. The number of fused-ring (bicyclic) bond motifs is 1. The van der Waals surface area contributed by atoms with Crippen molar-refractivity contribution in [2.24, 2.45) is 0 Å². The van der Waals surface area contributed by atoms with Crippen molar-refractivity contribution >= 4 is 15.6 Å². The van der Waals surface area contributed by atoms with Crippen molar-refractivity contribution in [2.75, 3.05) is 5.75 Å². The van der Waals surface area contributed by atoms with Crippen molar-refractivity contribution in [2.45, 2.75) is 45.1 Å². The minimum atomic E-state index is -3.31. The van der Waals surface area contributed by atoms with Gasteiger partial charge in [-0.05, 0) is 49.4 Å². The van der Waals surface area contributed by atoms with E-state index in [9.17, 15) is 18.0 Å². The van der Waals surface area contributed by atoms with Gasteiger partial charge < -0.3 is 5.10 Å². The Bertz CT molecular complexity index is 1010. The molecule has 1 aromatic carbocycles. The molecule has 7 heteroatoms. The summed E-state index contributed by atoms with van der Waals surface area (Å²) < 4.78 is 26.0. The fraction of sp³-hybridized carbons (Fsp3) is 0.412. The van der Waals surface area contributed by atoms with Crippen molar-refractivity contribution in [3.8, 4) is 0 Å². The van der Waals surface area contributed by atoms with Crippen LogP contribution >= 0.6 is 0 Å². The third kappa shape index (κ3) is 2.26. The second kappa shape index (κ2) is 5.44. The van der Waals surface area contributed by atoms with Gasteiger partial charge in [0.15, 0.2) is 15.6 Å². The van der Waals surface area contributed by atoms with E-state index in [-0.39, 0.29) is 28.6 Å². The van der Waals surface area contributed by atoms with Crippen LogP contribution in [0.4, 0.5) is 0 Å². The molecule has 6 nitrogen and oxygen atoms in total. The molecule has 1 N–H and O–H groups in total. The van der Waals surface area contributed by atoms with E-state index in [1.54, 1.807) is 19.9 Å². The molecular weight excluding hydrogens is 328 g/mol. The van der Waals surface area contributed by atoms with Crippen LogP contribution in [0.15, 0.2) is 22.0 Å². The second-order valence-corrected chi connectivity index (χ2v) is 8.33. The number of rotatable bonds is 3. The topological polar surface area (TPSA) is 89.0 Å². The number of carbonyl (C=O) groups excluding carboxylic acids is 1. The third-order valence-electron chi connectivity index (χ3n) is 4.69. The van der Waals surface area contributed by atoms with Gasteiger partial charge in [0, 0.05) is 18.3 Å². The number of H-pyrrole nitrogens is 1. The van der Waals surface area contributed by atoms with Gasteiger partial charge in [-0.25, -0.2) is 8.42 Å². The van der Waals surface area contributed by atoms with Crippen LogP contribution in [0.1, 0.15) is 52.4 Å².